The molecule has 0 heterocycles. The normalized spacial score (nSPS) is 13.0. The Balaban J connectivity index is -0.000000133. The fourth-order valence-electron chi connectivity index (χ4n) is 1.83. The van der Waals surface area contributed by atoms with Crippen molar-refractivity contribution >= 4 is 23.5 Å². The minimum absolute atomic E-state index is 0. The quantitative estimate of drug-likeness (QED) is 0.220. The van der Waals surface area contributed by atoms with Gasteiger partial charge in [-0.15, -0.1) is 0 Å². The van der Waals surface area contributed by atoms with Gasteiger partial charge in [0, 0.05) is 26.2 Å². The summed E-state index contributed by atoms with van der Waals surface area (Å²) in [5.41, 5.74) is -1.00. The van der Waals surface area contributed by atoms with E-state index in [1.165, 1.54) is 13.8 Å². The van der Waals surface area contributed by atoms with E-state index in [-0.39, 0.29) is 26.2 Å². The van der Waals surface area contributed by atoms with Crippen LogP contribution in [-0.4, -0.2) is 67.5 Å². The second-order valence-corrected chi connectivity index (χ2v) is 9.42. The minimum atomic E-state index is -4.64. The zero-order valence-corrected chi connectivity index (χ0v) is 24.6. The summed E-state index contributed by atoms with van der Waals surface area (Å²) in [6.45, 7) is 12.8. The third kappa shape index (κ3) is 39.3. The first-order chi connectivity index (χ1) is 15.6. The summed E-state index contributed by atoms with van der Waals surface area (Å²) in [4.78, 5) is 41.4. The first-order valence-electron chi connectivity index (χ1n) is 10.6. The second kappa shape index (κ2) is 19.7. The molecule has 0 bridgehead atoms. The van der Waals surface area contributed by atoms with E-state index >= 15 is 0 Å². The summed E-state index contributed by atoms with van der Waals surface area (Å²) in [6.07, 6.45) is -12.3. The number of alkyl halides is 6. The number of hydrogen-bond acceptors (Lipinski definition) is 6. The van der Waals surface area contributed by atoms with E-state index in [2.05, 4.69) is 0 Å². The Labute approximate surface area is 231 Å². The molecule has 0 aliphatic heterocycles. The van der Waals surface area contributed by atoms with Crippen molar-refractivity contribution < 1.29 is 92.2 Å². The third-order valence-corrected chi connectivity index (χ3v) is 3.03. The Hall–Kier alpha value is -1.34. The second-order valence-electron chi connectivity index (χ2n) is 9.42. The molecule has 0 saturated heterocycles. The average molecular weight is 636 g/mol. The Kier molecular flexibility index (Phi) is 24.3. The van der Waals surface area contributed by atoms with Gasteiger partial charge in [0.1, 0.15) is 24.7 Å². The van der Waals surface area contributed by atoms with Gasteiger partial charge < -0.3 is 20.4 Å². The first kappa shape index (κ1) is 45.6. The number of aliphatic hydroxyl groups is 2. The molecule has 0 aromatic rings. The number of hydrogen-bond donors (Lipinski definition) is 4. The van der Waals surface area contributed by atoms with Crippen molar-refractivity contribution in [3.63, 3.8) is 0 Å². The molecule has 0 aromatic heterocycles. The predicted molar refractivity (Wildman–Crippen MR) is 118 cm³/mol. The molecular weight excluding hydrogens is 597 g/mol. The molecule has 0 spiro atoms. The molecule has 0 aliphatic rings. The van der Waals surface area contributed by atoms with Crippen molar-refractivity contribution in [2.45, 2.75) is 105 Å². The van der Waals surface area contributed by atoms with Crippen LogP contribution in [-0.2, 0) is 45.4 Å². The number of rotatable bonds is 8. The van der Waals surface area contributed by atoms with Crippen LogP contribution in [0.4, 0.5) is 26.3 Å². The predicted octanol–water partition coefficient (Wildman–Crippen LogP) is 4.79. The summed E-state index contributed by atoms with van der Waals surface area (Å²) < 4.78 is 72.0. The number of carboxylic acid groups (broad SMARTS) is 2. The summed E-state index contributed by atoms with van der Waals surface area (Å²) in [7, 11) is 0. The molecule has 8 nitrogen and oxygen atoms in total. The Morgan fingerprint density at radius 3 is 0.838 bits per heavy atom. The van der Waals surface area contributed by atoms with Crippen molar-refractivity contribution in [1.82, 2.24) is 0 Å². The van der Waals surface area contributed by atoms with Crippen LogP contribution in [0.1, 0.15) is 81.1 Å². The smallest absolute Gasteiger partial charge is 0.398 e. The van der Waals surface area contributed by atoms with Gasteiger partial charge in [-0.3, -0.25) is 19.2 Å². The average Bonchev–Trinajstić information content (AvgIpc) is 2.48. The van der Waals surface area contributed by atoms with Crippen molar-refractivity contribution in [2.24, 2.45) is 11.8 Å². The number of Topliss-reactive ketones (excluding diaryl/α,β-unsaturated/α-hetero) is 2. The molecule has 15 heteroatoms. The van der Waals surface area contributed by atoms with E-state index in [0.717, 1.165) is 0 Å². The van der Waals surface area contributed by atoms with Gasteiger partial charge in [0.15, 0.2) is 11.6 Å². The van der Waals surface area contributed by atoms with E-state index in [1.807, 2.05) is 0 Å². The summed E-state index contributed by atoms with van der Waals surface area (Å²) >= 11 is 0. The van der Waals surface area contributed by atoms with E-state index in [1.54, 1.807) is 41.5 Å². The van der Waals surface area contributed by atoms with Crippen LogP contribution in [0.25, 0.3) is 0 Å². The van der Waals surface area contributed by atoms with Crippen molar-refractivity contribution in [3.8, 4) is 0 Å². The van der Waals surface area contributed by atoms with Crippen molar-refractivity contribution in [1.29, 1.82) is 0 Å². The van der Waals surface area contributed by atoms with E-state index in [4.69, 9.17) is 20.4 Å². The van der Waals surface area contributed by atoms with Crippen LogP contribution in [0.5, 0.6) is 0 Å². The molecule has 0 saturated carbocycles. The van der Waals surface area contributed by atoms with Crippen LogP contribution < -0.4 is 0 Å². The number of carbonyl (C=O) groups excluding carboxylic acids is 2. The zero-order valence-electron chi connectivity index (χ0n) is 22.2. The van der Waals surface area contributed by atoms with Gasteiger partial charge in [-0.25, -0.2) is 0 Å². The molecule has 37 heavy (non-hydrogen) atoms. The van der Waals surface area contributed by atoms with E-state index in [9.17, 15) is 45.5 Å². The van der Waals surface area contributed by atoms with Gasteiger partial charge in [-0.05, 0) is 54.4 Å². The number of carbonyl (C=O) groups is 4. The fraction of sp³-hybridized carbons (Fsp3) is 0.818. The topological polar surface area (TPSA) is 149 Å². The molecule has 2 atom stereocenters. The van der Waals surface area contributed by atoms with Crippen LogP contribution in [0, 0.1) is 11.8 Å². The Morgan fingerprint density at radius 1 is 0.595 bits per heavy atom. The molecule has 4 N–H and O–H groups in total. The number of halogens is 6. The standard InChI is InChI=1S/2C7H9F3O3.2C4H10O.Zr/c2*1-2-4(7(8,9)10)5(11)3-6(12)13;2*1-4(2,3)5;/h2*4H,2-3H2,1H3,(H,12,13);2*5H,1-3H3;. The molecule has 0 aliphatic carbocycles. The molecule has 220 valence electrons. The molecule has 0 aromatic carbocycles. The Morgan fingerprint density at radius 2 is 0.757 bits per heavy atom. The van der Waals surface area contributed by atoms with Gasteiger partial charge in [-0.2, -0.15) is 26.3 Å². The third-order valence-electron chi connectivity index (χ3n) is 3.03. The van der Waals surface area contributed by atoms with Crippen LogP contribution in [0.3, 0.4) is 0 Å². The van der Waals surface area contributed by atoms with E-state index in [0.29, 0.717) is 0 Å². The maximum absolute atomic E-state index is 12.0. The minimum Gasteiger partial charge on any atom is -0.481 e. The van der Waals surface area contributed by atoms with Gasteiger partial charge >= 0.3 is 24.3 Å². The van der Waals surface area contributed by atoms with Crippen LogP contribution >= 0.6 is 0 Å². The van der Waals surface area contributed by atoms with Crippen molar-refractivity contribution in [3.05, 3.63) is 0 Å². The maximum atomic E-state index is 12.0. The van der Waals surface area contributed by atoms with E-state index < -0.39 is 84.6 Å². The van der Waals surface area contributed by atoms with Gasteiger partial charge in [0.05, 0.1) is 11.2 Å². The summed E-state index contributed by atoms with van der Waals surface area (Å²) in [5.74, 6) is -9.95. The molecular formula is C22H38F6O8Zr. The molecule has 2 unspecified atom stereocenters. The van der Waals surface area contributed by atoms with Gasteiger partial charge in [-0.1, -0.05) is 13.8 Å². The van der Waals surface area contributed by atoms with Gasteiger partial charge in [0.2, 0.25) is 0 Å². The first-order valence-corrected chi connectivity index (χ1v) is 10.6. The number of ketones is 2. The molecule has 0 radical (unpaired) electrons. The number of aliphatic carboxylic acids is 2. The molecule has 0 rings (SSSR count). The largest absolute Gasteiger partial charge is 0.481 e. The SMILES string of the molecule is CC(C)(C)O.CC(C)(C)O.CCC(C(=O)CC(=O)O)C(F)(F)F.CCC(C(=O)CC(=O)O)C(F)(F)F.[Zr]. The number of carboxylic acids is 2. The molecule has 0 fully saturated rings. The van der Waals surface area contributed by atoms with Gasteiger partial charge in [0.25, 0.3) is 0 Å². The van der Waals surface area contributed by atoms with Crippen molar-refractivity contribution in [2.75, 3.05) is 0 Å². The zero-order chi connectivity index (χ0) is 30.3. The van der Waals surface area contributed by atoms with Crippen LogP contribution in [0.15, 0.2) is 0 Å². The monoisotopic (exact) mass is 634 g/mol. The Bertz CT molecular complexity index is 611. The van der Waals surface area contributed by atoms with Crippen LogP contribution in [0.2, 0.25) is 0 Å². The maximum Gasteiger partial charge on any atom is 0.398 e. The summed E-state index contributed by atoms with van der Waals surface area (Å²) in [6, 6.07) is 0. The fourth-order valence-corrected chi connectivity index (χ4v) is 1.83. The summed E-state index contributed by atoms with van der Waals surface area (Å²) in [5, 5.41) is 33.3. The molecule has 0 amide bonds.